The summed E-state index contributed by atoms with van der Waals surface area (Å²) in [6.07, 6.45) is 4.22. The standard InChI is InChI=1S/C15H23NO/c1-4-6-9-12-16(3)14-11-8-7-10-13(14)15(17)5-2/h7-8,10-11H,4-6,9,12H2,1-3H3. The van der Waals surface area contributed by atoms with Crippen LogP contribution in [0.4, 0.5) is 5.69 Å². The Bertz CT molecular complexity index is 360. The van der Waals surface area contributed by atoms with Gasteiger partial charge < -0.3 is 4.90 Å². The van der Waals surface area contributed by atoms with Crippen molar-refractivity contribution in [2.75, 3.05) is 18.5 Å². The number of rotatable bonds is 7. The molecule has 1 aromatic carbocycles. The zero-order chi connectivity index (χ0) is 12.7. The summed E-state index contributed by atoms with van der Waals surface area (Å²) < 4.78 is 0. The number of ketones is 1. The lowest BCUT2D eigenvalue weighted by Gasteiger charge is -2.21. The highest BCUT2D eigenvalue weighted by molar-refractivity contribution is 6.01. The predicted octanol–water partition coefficient (Wildman–Crippen LogP) is 3.91. The van der Waals surface area contributed by atoms with E-state index in [9.17, 15) is 4.79 Å². The molecule has 0 atom stereocenters. The molecule has 0 saturated heterocycles. The van der Waals surface area contributed by atoms with Crippen LogP contribution in [0, 0.1) is 0 Å². The quantitative estimate of drug-likeness (QED) is 0.526. The number of carbonyl (C=O) groups excluding carboxylic acids is 1. The van der Waals surface area contributed by atoms with Gasteiger partial charge in [-0.25, -0.2) is 0 Å². The molecule has 0 radical (unpaired) electrons. The van der Waals surface area contributed by atoms with E-state index in [0.29, 0.717) is 6.42 Å². The normalized spacial score (nSPS) is 10.3. The van der Waals surface area contributed by atoms with Crippen molar-refractivity contribution < 1.29 is 4.79 Å². The van der Waals surface area contributed by atoms with Crippen LogP contribution in [-0.2, 0) is 0 Å². The maximum Gasteiger partial charge on any atom is 0.164 e. The van der Waals surface area contributed by atoms with Gasteiger partial charge in [0.15, 0.2) is 5.78 Å². The van der Waals surface area contributed by atoms with Crippen molar-refractivity contribution >= 4 is 11.5 Å². The number of benzene rings is 1. The van der Waals surface area contributed by atoms with Crippen molar-refractivity contribution in [3.8, 4) is 0 Å². The number of para-hydroxylation sites is 1. The SMILES string of the molecule is CCCCCN(C)c1ccccc1C(=O)CC. The van der Waals surface area contributed by atoms with Gasteiger partial charge in [-0.15, -0.1) is 0 Å². The molecule has 0 saturated carbocycles. The van der Waals surface area contributed by atoms with Crippen molar-refractivity contribution in [2.45, 2.75) is 39.5 Å². The number of hydrogen-bond donors (Lipinski definition) is 0. The molecule has 1 rings (SSSR count). The summed E-state index contributed by atoms with van der Waals surface area (Å²) in [5.74, 6) is 0.225. The lowest BCUT2D eigenvalue weighted by Crippen LogP contribution is -2.21. The highest BCUT2D eigenvalue weighted by atomic mass is 16.1. The van der Waals surface area contributed by atoms with E-state index >= 15 is 0 Å². The molecule has 94 valence electrons. The topological polar surface area (TPSA) is 20.3 Å². The largest absolute Gasteiger partial charge is 0.374 e. The Balaban J connectivity index is 2.78. The van der Waals surface area contributed by atoms with E-state index in [4.69, 9.17) is 0 Å². The lowest BCUT2D eigenvalue weighted by molar-refractivity contribution is 0.0988. The van der Waals surface area contributed by atoms with Crippen LogP contribution in [0.25, 0.3) is 0 Å². The molecule has 0 spiro atoms. The number of carbonyl (C=O) groups is 1. The molecule has 0 aliphatic rings. The Hall–Kier alpha value is -1.31. The molecule has 2 nitrogen and oxygen atoms in total. The number of Topliss-reactive ketones (excluding diaryl/α,β-unsaturated/α-hetero) is 1. The van der Waals surface area contributed by atoms with Crippen LogP contribution in [-0.4, -0.2) is 19.4 Å². The second-order valence-corrected chi connectivity index (χ2v) is 4.42. The number of hydrogen-bond acceptors (Lipinski definition) is 2. The molecule has 2 heteroatoms. The van der Waals surface area contributed by atoms with Crippen LogP contribution < -0.4 is 4.90 Å². The van der Waals surface area contributed by atoms with E-state index in [1.807, 2.05) is 31.2 Å². The zero-order valence-electron chi connectivity index (χ0n) is 11.2. The molecular formula is C15H23NO. The summed E-state index contributed by atoms with van der Waals surface area (Å²) in [6.45, 7) is 5.13. The van der Waals surface area contributed by atoms with Crippen LogP contribution in [0.5, 0.6) is 0 Å². The summed E-state index contributed by atoms with van der Waals surface area (Å²) >= 11 is 0. The van der Waals surface area contributed by atoms with Crippen molar-refractivity contribution in [2.24, 2.45) is 0 Å². The minimum Gasteiger partial charge on any atom is -0.374 e. The molecule has 0 amide bonds. The Morgan fingerprint density at radius 3 is 2.53 bits per heavy atom. The summed E-state index contributed by atoms with van der Waals surface area (Å²) in [5.41, 5.74) is 1.92. The van der Waals surface area contributed by atoms with Gasteiger partial charge in [-0.2, -0.15) is 0 Å². The van der Waals surface area contributed by atoms with Crippen molar-refractivity contribution in [1.29, 1.82) is 0 Å². The van der Waals surface area contributed by atoms with E-state index in [-0.39, 0.29) is 5.78 Å². The van der Waals surface area contributed by atoms with Crippen LogP contribution in [0.15, 0.2) is 24.3 Å². The molecule has 0 aliphatic carbocycles. The minimum atomic E-state index is 0.225. The first-order valence-corrected chi connectivity index (χ1v) is 6.54. The number of nitrogens with zero attached hydrogens (tertiary/aromatic N) is 1. The van der Waals surface area contributed by atoms with Gasteiger partial charge in [-0.1, -0.05) is 38.8 Å². The van der Waals surface area contributed by atoms with Crippen molar-refractivity contribution in [3.05, 3.63) is 29.8 Å². The minimum absolute atomic E-state index is 0.225. The molecule has 0 aliphatic heterocycles. The average Bonchev–Trinajstić information content (AvgIpc) is 2.38. The van der Waals surface area contributed by atoms with Crippen molar-refractivity contribution in [1.82, 2.24) is 0 Å². The summed E-state index contributed by atoms with van der Waals surface area (Å²) in [7, 11) is 2.07. The van der Waals surface area contributed by atoms with Crippen LogP contribution in [0.1, 0.15) is 49.9 Å². The third-order valence-corrected chi connectivity index (χ3v) is 3.03. The van der Waals surface area contributed by atoms with Gasteiger partial charge in [0.05, 0.1) is 0 Å². The van der Waals surface area contributed by atoms with Gasteiger partial charge in [0.2, 0.25) is 0 Å². The second kappa shape index (κ2) is 7.10. The molecule has 1 aromatic rings. The van der Waals surface area contributed by atoms with E-state index in [0.717, 1.165) is 17.8 Å². The number of anilines is 1. The maximum absolute atomic E-state index is 11.8. The Morgan fingerprint density at radius 2 is 1.88 bits per heavy atom. The summed E-state index contributed by atoms with van der Waals surface area (Å²) in [6, 6.07) is 7.90. The fourth-order valence-corrected chi connectivity index (χ4v) is 1.95. The van der Waals surface area contributed by atoms with E-state index in [2.05, 4.69) is 18.9 Å². The third kappa shape index (κ3) is 3.88. The first-order valence-electron chi connectivity index (χ1n) is 6.54. The first-order chi connectivity index (χ1) is 8.20. The molecular weight excluding hydrogens is 210 g/mol. The average molecular weight is 233 g/mol. The molecule has 0 heterocycles. The highest BCUT2D eigenvalue weighted by Gasteiger charge is 2.11. The van der Waals surface area contributed by atoms with Gasteiger partial charge in [-0.3, -0.25) is 4.79 Å². The van der Waals surface area contributed by atoms with Gasteiger partial charge >= 0.3 is 0 Å². The monoisotopic (exact) mass is 233 g/mol. The van der Waals surface area contributed by atoms with Gasteiger partial charge in [0.1, 0.15) is 0 Å². The van der Waals surface area contributed by atoms with E-state index < -0.39 is 0 Å². The molecule has 0 fully saturated rings. The molecule has 0 aromatic heterocycles. The molecule has 17 heavy (non-hydrogen) atoms. The third-order valence-electron chi connectivity index (χ3n) is 3.03. The lowest BCUT2D eigenvalue weighted by atomic mass is 10.1. The molecule has 0 N–H and O–H groups in total. The Kier molecular flexibility index (Phi) is 5.75. The van der Waals surface area contributed by atoms with Gasteiger partial charge in [0.25, 0.3) is 0 Å². The fraction of sp³-hybridized carbons (Fsp3) is 0.533. The zero-order valence-corrected chi connectivity index (χ0v) is 11.2. The highest BCUT2D eigenvalue weighted by Crippen LogP contribution is 2.21. The van der Waals surface area contributed by atoms with Gasteiger partial charge in [-0.05, 0) is 18.6 Å². The van der Waals surface area contributed by atoms with E-state index in [1.54, 1.807) is 0 Å². The smallest absolute Gasteiger partial charge is 0.164 e. The molecule has 0 bridgehead atoms. The summed E-state index contributed by atoms with van der Waals surface area (Å²) in [4.78, 5) is 14.0. The number of unbranched alkanes of at least 4 members (excludes halogenated alkanes) is 2. The second-order valence-electron chi connectivity index (χ2n) is 4.42. The van der Waals surface area contributed by atoms with Crippen LogP contribution >= 0.6 is 0 Å². The predicted molar refractivity (Wildman–Crippen MR) is 73.9 cm³/mol. The van der Waals surface area contributed by atoms with Crippen molar-refractivity contribution in [3.63, 3.8) is 0 Å². The molecule has 0 unspecified atom stereocenters. The first kappa shape index (κ1) is 13.8. The summed E-state index contributed by atoms with van der Waals surface area (Å²) in [5, 5.41) is 0. The van der Waals surface area contributed by atoms with E-state index in [1.165, 1.54) is 19.3 Å². The fourth-order valence-electron chi connectivity index (χ4n) is 1.95. The van der Waals surface area contributed by atoms with Crippen LogP contribution in [0.2, 0.25) is 0 Å². The maximum atomic E-state index is 11.8. The Morgan fingerprint density at radius 1 is 1.18 bits per heavy atom. The Labute approximate surface area is 105 Å². The van der Waals surface area contributed by atoms with Gasteiger partial charge in [0, 0.05) is 31.3 Å². The van der Waals surface area contributed by atoms with Crippen LogP contribution in [0.3, 0.4) is 0 Å².